The molecule has 0 aliphatic rings. The van der Waals surface area contributed by atoms with E-state index in [0.29, 0.717) is 6.42 Å². The summed E-state index contributed by atoms with van der Waals surface area (Å²) in [5, 5.41) is 7.42. The molecule has 0 aliphatic heterocycles. The SMILES string of the molecule is Cc1ccc(C)c([C@H](C)NC(=O)Cc2cnn(-c3ccccc3)c2)c1. The topological polar surface area (TPSA) is 46.9 Å². The first-order valence-corrected chi connectivity index (χ1v) is 8.48. The summed E-state index contributed by atoms with van der Waals surface area (Å²) < 4.78 is 1.79. The summed E-state index contributed by atoms with van der Waals surface area (Å²) >= 11 is 0. The van der Waals surface area contributed by atoms with Crippen molar-refractivity contribution in [2.24, 2.45) is 0 Å². The van der Waals surface area contributed by atoms with Crippen LogP contribution in [0.25, 0.3) is 5.69 Å². The second kappa shape index (κ2) is 7.34. The van der Waals surface area contributed by atoms with Crippen LogP contribution in [0.2, 0.25) is 0 Å². The van der Waals surface area contributed by atoms with Crippen LogP contribution in [0, 0.1) is 13.8 Å². The van der Waals surface area contributed by atoms with Crippen LogP contribution in [0.4, 0.5) is 0 Å². The van der Waals surface area contributed by atoms with E-state index >= 15 is 0 Å². The first-order valence-electron chi connectivity index (χ1n) is 8.48. The Kier molecular flexibility index (Phi) is 4.98. The average molecular weight is 333 g/mol. The molecule has 1 heterocycles. The van der Waals surface area contributed by atoms with Crippen LogP contribution < -0.4 is 5.32 Å². The fourth-order valence-electron chi connectivity index (χ4n) is 2.96. The predicted molar refractivity (Wildman–Crippen MR) is 99.7 cm³/mol. The number of nitrogens with zero attached hydrogens (tertiary/aromatic N) is 2. The third kappa shape index (κ3) is 4.15. The molecule has 3 aromatic rings. The normalized spacial score (nSPS) is 12.0. The van der Waals surface area contributed by atoms with Crippen molar-refractivity contribution < 1.29 is 4.79 Å². The van der Waals surface area contributed by atoms with Crippen molar-refractivity contribution in [1.82, 2.24) is 15.1 Å². The lowest BCUT2D eigenvalue weighted by molar-refractivity contribution is -0.121. The van der Waals surface area contributed by atoms with Crippen LogP contribution in [-0.4, -0.2) is 15.7 Å². The van der Waals surface area contributed by atoms with Gasteiger partial charge < -0.3 is 5.32 Å². The van der Waals surface area contributed by atoms with Gasteiger partial charge in [-0.3, -0.25) is 4.79 Å². The van der Waals surface area contributed by atoms with Crippen LogP contribution >= 0.6 is 0 Å². The van der Waals surface area contributed by atoms with Crippen molar-refractivity contribution in [3.8, 4) is 5.69 Å². The number of hydrogen-bond acceptors (Lipinski definition) is 2. The number of aromatic nitrogens is 2. The van der Waals surface area contributed by atoms with E-state index in [2.05, 4.69) is 42.5 Å². The molecule has 128 valence electrons. The lowest BCUT2D eigenvalue weighted by Crippen LogP contribution is -2.28. The number of carbonyl (C=O) groups excluding carboxylic acids is 1. The number of para-hydroxylation sites is 1. The smallest absolute Gasteiger partial charge is 0.225 e. The van der Waals surface area contributed by atoms with Crippen molar-refractivity contribution in [3.05, 3.63) is 83.2 Å². The molecule has 25 heavy (non-hydrogen) atoms. The quantitative estimate of drug-likeness (QED) is 0.769. The number of carbonyl (C=O) groups is 1. The fourth-order valence-corrected chi connectivity index (χ4v) is 2.96. The van der Waals surface area contributed by atoms with Gasteiger partial charge in [0.2, 0.25) is 5.91 Å². The number of benzene rings is 2. The maximum atomic E-state index is 12.4. The number of amides is 1. The minimum atomic E-state index is -0.0171. The summed E-state index contributed by atoms with van der Waals surface area (Å²) in [6.45, 7) is 6.16. The lowest BCUT2D eigenvalue weighted by Gasteiger charge is -2.17. The summed E-state index contributed by atoms with van der Waals surface area (Å²) in [4.78, 5) is 12.4. The molecule has 0 saturated carbocycles. The molecular formula is C21H23N3O. The Labute approximate surface area is 148 Å². The predicted octanol–water partition coefficient (Wildman–Crippen LogP) is 3.91. The molecule has 2 aromatic carbocycles. The van der Waals surface area contributed by atoms with E-state index < -0.39 is 0 Å². The highest BCUT2D eigenvalue weighted by molar-refractivity contribution is 5.79. The van der Waals surface area contributed by atoms with Gasteiger partial charge in [0.15, 0.2) is 0 Å². The van der Waals surface area contributed by atoms with E-state index in [1.807, 2.05) is 43.5 Å². The number of rotatable bonds is 5. The van der Waals surface area contributed by atoms with Gasteiger partial charge in [-0.1, -0.05) is 42.0 Å². The molecule has 1 N–H and O–H groups in total. The van der Waals surface area contributed by atoms with Crippen molar-refractivity contribution in [2.75, 3.05) is 0 Å². The van der Waals surface area contributed by atoms with Crippen molar-refractivity contribution >= 4 is 5.91 Å². The lowest BCUT2D eigenvalue weighted by atomic mass is 10.00. The Morgan fingerprint density at radius 3 is 2.68 bits per heavy atom. The molecule has 1 amide bonds. The molecule has 4 heteroatoms. The third-order valence-corrected chi connectivity index (χ3v) is 4.30. The number of nitrogens with one attached hydrogen (secondary N) is 1. The minimum absolute atomic E-state index is 0.000942. The van der Waals surface area contributed by atoms with E-state index in [-0.39, 0.29) is 11.9 Å². The zero-order chi connectivity index (χ0) is 17.8. The Morgan fingerprint density at radius 2 is 1.92 bits per heavy atom. The van der Waals surface area contributed by atoms with E-state index in [0.717, 1.165) is 16.8 Å². The van der Waals surface area contributed by atoms with Gasteiger partial charge in [0.1, 0.15) is 0 Å². The molecule has 1 atom stereocenters. The van der Waals surface area contributed by atoms with Gasteiger partial charge in [0, 0.05) is 6.20 Å². The van der Waals surface area contributed by atoms with Crippen molar-refractivity contribution in [3.63, 3.8) is 0 Å². The molecule has 0 spiro atoms. The Hall–Kier alpha value is -2.88. The van der Waals surface area contributed by atoms with E-state index in [1.165, 1.54) is 11.1 Å². The molecule has 0 saturated heterocycles. The summed E-state index contributed by atoms with van der Waals surface area (Å²) in [7, 11) is 0. The van der Waals surface area contributed by atoms with Crippen LogP contribution in [0.15, 0.2) is 60.9 Å². The summed E-state index contributed by atoms with van der Waals surface area (Å²) in [5.41, 5.74) is 5.43. The first-order chi connectivity index (χ1) is 12.0. The molecule has 4 nitrogen and oxygen atoms in total. The monoisotopic (exact) mass is 333 g/mol. The van der Waals surface area contributed by atoms with Crippen LogP contribution in [0.1, 0.15) is 35.2 Å². The molecule has 0 bridgehead atoms. The van der Waals surface area contributed by atoms with Gasteiger partial charge in [0.05, 0.1) is 24.3 Å². The van der Waals surface area contributed by atoms with E-state index in [1.54, 1.807) is 10.9 Å². The van der Waals surface area contributed by atoms with Crippen LogP contribution in [0.5, 0.6) is 0 Å². The standard InChI is InChI=1S/C21H23N3O/c1-15-9-10-16(2)20(11-15)17(3)23-21(25)12-18-13-22-24(14-18)19-7-5-4-6-8-19/h4-11,13-14,17H,12H2,1-3H3,(H,23,25)/t17-/m0/s1. The number of hydrogen-bond donors (Lipinski definition) is 1. The zero-order valence-corrected chi connectivity index (χ0v) is 14.9. The maximum absolute atomic E-state index is 12.4. The summed E-state index contributed by atoms with van der Waals surface area (Å²) in [6, 6.07) is 16.2. The van der Waals surface area contributed by atoms with Gasteiger partial charge in [-0.05, 0) is 49.6 Å². The molecular weight excluding hydrogens is 310 g/mol. The summed E-state index contributed by atoms with van der Waals surface area (Å²) in [6.07, 6.45) is 3.97. The Morgan fingerprint density at radius 1 is 1.16 bits per heavy atom. The molecule has 0 aliphatic carbocycles. The molecule has 0 unspecified atom stereocenters. The molecule has 0 fully saturated rings. The van der Waals surface area contributed by atoms with Gasteiger partial charge in [-0.25, -0.2) is 4.68 Å². The highest BCUT2D eigenvalue weighted by atomic mass is 16.1. The Balaban J connectivity index is 1.65. The molecule has 3 rings (SSSR count). The highest BCUT2D eigenvalue weighted by Crippen LogP contribution is 2.19. The largest absolute Gasteiger partial charge is 0.349 e. The van der Waals surface area contributed by atoms with Crippen LogP contribution in [0.3, 0.4) is 0 Å². The average Bonchev–Trinajstić information content (AvgIpc) is 3.06. The second-order valence-electron chi connectivity index (χ2n) is 6.45. The van der Waals surface area contributed by atoms with Crippen LogP contribution in [-0.2, 0) is 11.2 Å². The fraction of sp³-hybridized carbons (Fsp3) is 0.238. The molecule has 1 aromatic heterocycles. The van der Waals surface area contributed by atoms with Gasteiger partial charge in [-0.2, -0.15) is 5.10 Å². The third-order valence-electron chi connectivity index (χ3n) is 4.30. The van der Waals surface area contributed by atoms with Gasteiger partial charge in [-0.15, -0.1) is 0 Å². The summed E-state index contributed by atoms with van der Waals surface area (Å²) in [5.74, 6) is 0.000942. The van der Waals surface area contributed by atoms with Gasteiger partial charge >= 0.3 is 0 Å². The first kappa shape index (κ1) is 17.0. The van der Waals surface area contributed by atoms with E-state index in [4.69, 9.17) is 0 Å². The van der Waals surface area contributed by atoms with Crippen molar-refractivity contribution in [2.45, 2.75) is 33.2 Å². The zero-order valence-electron chi connectivity index (χ0n) is 14.9. The maximum Gasteiger partial charge on any atom is 0.225 e. The van der Waals surface area contributed by atoms with Crippen molar-refractivity contribution in [1.29, 1.82) is 0 Å². The second-order valence-corrected chi connectivity index (χ2v) is 6.45. The number of aryl methyl sites for hydroxylation is 2. The minimum Gasteiger partial charge on any atom is -0.349 e. The highest BCUT2D eigenvalue weighted by Gasteiger charge is 2.13. The molecule has 0 radical (unpaired) electrons. The van der Waals surface area contributed by atoms with E-state index in [9.17, 15) is 4.79 Å². The Bertz CT molecular complexity index is 868. The van der Waals surface area contributed by atoms with Gasteiger partial charge in [0.25, 0.3) is 0 Å².